The van der Waals surface area contributed by atoms with Crippen LogP contribution in [0.3, 0.4) is 0 Å². The lowest BCUT2D eigenvalue weighted by Gasteiger charge is -2.06. The monoisotopic (exact) mass is 181 g/mol. The summed E-state index contributed by atoms with van der Waals surface area (Å²) >= 11 is 0. The predicted octanol–water partition coefficient (Wildman–Crippen LogP) is 0.707. The van der Waals surface area contributed by atoms with Crippen molar-refractivity contribution in [2.75, 3.05) is 7.11 Å². The molecule has 0 aliphatic rings. The van der Waals surface area contributed by atoms with Gasteiger partial charge in [-0.1, -0.05) is 6.58 Å². The van der Waals surface area contributed by atoms with Crippen molar-refractivity contribution in [2.24, 2.45) is 0 Å². The first-order valence-corrected chi connectivity index (χ1v) is 3.87. The molecule has 4 heteroatoms. The van der Waals surface area contributed by atoms with Crippen molar-refractivity contribution in [1.29, 1.82) is 0 Å². The molecule has 1 aromatic heterocycles. The third-order valence-corrected chi connectivity index (χ3v) is 1.64. The highest BCUT2D eigenvalue weighted by Crippen LogP contribution is 2.22. The maximum Gasteiger partial charge on any atom is 0.257 e. The highest BCUT2D eigenvalue weighted by Gasteiger charge is 2.08. The van der Waals surface area contributed by atoms with Crippen LogP contribution in [0.1, 0.15) is 12.6 Å². The van der Waals surface area contributed by atoms with Gasteiger partial charge in [0.15, 0.2) is 0 Å². The number of nitrogens with zero attached hydrogens (tertiary/aromatic N) is 1. The summed E-state index contributed by atoms with van der Waals surface area (Å²) in [5.74, 6) is 1.16. The Balaban J connectivity index is 3.18. The second-order valence-electron chi connectivity index (χ2n) is 2.70. The summed E-state index contributed by atoms with van der Waals surface area (Å²) in [4.78, 5) is 4.13. The topological polar surface area (TPSA) is 59.0 Å². The van der Waals surface area contributed by atoms with E-state index >= 15 is 0 Å². The molecule has 1 aromatic rings. The van der Waals surface area contributed by atoms with Gasteiger partial charge in [0.25, 0.3) is 5.82 Å². The Labute approximate surface area is 76.8 Å². The van der Waals surface area contributed by atoms with Gasteiger partial charge in [0, 0.05) is 6.07 Å². The number of rotatable bonds is 3. The Morgan fingerprint density at radius 1 is 1.62 bits per heavy atom. The zero-order chi connectivity index (χ0) is 9.84. The molecule has 0 aliphatic heterocycles. The van der Waals surface area contributed by atoms with Crippen LogP contribution in [0, 0.1) is 0 Å². The maximum atomic E-state index is 8.75. The van der Waals surface area contributed by atoms with Gasteiger partial charge in [-0.05, 0) is 18.6 Å². The van der Waals surface area contributed by atoms with Crippen molar-refractivity contribution in [1.82, 2.24) is 4.98 Å². The van der Waals surface area contributed by atoms with Crippen LogP contribution in [-0.2, 0) is 0 Å². The highest BCUT2D eigenvalue weighted by atomic mass is 16.5. The average molecular weight is 181 g/mol. The SMILES string of the molecule is C=C(C)c1nc([NH2+]O)ccc1OC. The fourth-order valence-corrected chi connectivity index (χ4v) is 1.00. The molecule has 0 aromatic carbocycles. The van der Waals surface area contributed by atoms with Crippen molar-refractivity contribution in [2.45, 2.75) is 6.92 Å². The lowest BCUT2D eigenvalue weighted by molar-refractivity contribution is -0.828. The minimum atomic E-state index is 0.499. The van der Waals surface area contributed by atoms with Crippen LogP contribution in [-0.4, -0.2) is 17.3 Å². The summed E-state index contributed by atoms with van der Waals surface area (Å²) in [7, 11) is 1.58. The molecule has 0 saturated carbocycles. The van der Waals surface area contributed by atoms with E-state index in [1.807, 2.05) is 6.92 Å². The van der Waals surface area contributed by atoms with Crippen LogP contribution < -0.4 is 10.2 Å². The predicted molar refractivity (Wildman–Crippen MR) is 48.9 cm³/mol. The molecule has 0 amide bonds. The minimum Gasteiger partial charge on any atom is -0.494 e. The number of allylic oxidation sites excluding steroid dienone is 1. The van der Waals surface area contributed by atoms with Crippen molar-refractivity contribution in [3.05, 3.63) is 24.4 Å². The van der Waals surface area contributed by atoms with Gasteiger partial charge in [0.05, 0.1) is 7.11 Å². The van der Waals surface area contributed by atoms with E-state index in [-0.39, 0.29) is 0 Å². The Hall–Kier alpha value is -1.39. The second-order valence-corrected chi connectivity index (χ2v) is 2.70. The third-order valence-electron chi connectivity index (χ3n) is 1.64. The van der Waals surface area contributed by atoms with E-state index < -0.39 is 0 Å². The van der Waals surface area contributed by atoms with E-state index in [0.29, 0.717) is 17.3 Å². The lowest BCUT2D eigenvalue weighted by Crippen LogP contribution is -2.74. The first-order valence-electron chi connectivity index (χ1n) is 3.87. The summed E-state index contributed by atoms with van der Waals surface area (Å²) in [5.41, 5.74) is 2.43. The number of ether oxygens (including phenoxy) is 1. The Morgan fingerprint density at radius 2 is 2.31 bits per heavy atom. The lowest BCUT2D eigenvalue weighted by atomic mass is 10.2. The van der Waals surface area contributed by atoms with Gasteiger partial charge in [-0.25, -0.2) is 5.21 Å². The Kier molecular flexibility index (Phi) is 3.00. The molecule has 70 valence electrons. The molecule has 13 heavy (non-hydrogen) atoms. The van der Waals surface area contributed by atoms with Gasteiger partial charge in [0.2, 0.25) is 0 Å². The minimum absolute atomic E-state index is 0.499. The fraction of sp³-hybridized carbons (Fsp3) is 0.222. The molecule has 0 saturated heterocycles. The van der Waals surface area contributed by atoms with E-state index in [9.17, 15) is 0 Å². The molecule has 0 fully saturated rings. The largest absolute Gasteiger partial charge is 0.494 e. The molecule has 0 unspecified atom stereocenters. The summed E-state index contributed by atoms with van der Waals surface area (Å²) < 4.78 is 5.09. The molecule has 3 N–H and O–H groups in total. The number of quaternary nitrogens is 1. The Morgan fingerprint density at radius 3 is 2.77 bits per heavy atom. The smallest absolute Gasteiger partial charge is 0.257 e. The van der Waals surface area contributed by atoms with Gasteiger partial charge >= 0.3 is 0 Å². The van der Waals surface area contributed by atoms with E-state index in [0.717, 1.165) is 11.1 Å². The van der Waals surface area contributed by atoms with Crippen LogP contribution in [0.4, 0.5) is 5.82 Å². The van der Waals surface area contributed by atoms with Gasteiger partial charge < -0.3 is 4.74 Å². The van der Waals surface area contributed by atoms with E-state index in [1.54, 1.807) is 19.2 Å². The first kappa shape index (κ1) is 9.70. The summed E-state index contributed by atoms with van der Waals surface area (Å²) in [6, 6.07) is 3.42. The van der Waals surface area contributed by atoms with Crippen molar-refractivity contribution in [3.8, 4) is 5.75 Å². The van der Waals surface area contributed by atoms with Crippen LogP contribution in [0.15, 0.2) is 18.7 Å². The number of hydrogen-bond donors (Lipinski definition) is 2. The molecule has 0 atom stereocenters. The van der Waals surface area contributed by atoms with Crippen LogP contribution in [0.5, 0.6) is 5.75 Å². The zero-order valence-corrected chi connectivity index (χ0v) is 7.74. The fourth-order valence-electron chi connectivity index (χ4n) is 1.00. The molecule has 1 rings (SSSR count). The number of hydrogen-bond acceptors (Lipinski definition) is 3. The van der Waals surface area contributed by atoms with Crippen LogP contribution in [0.2, 0.25) is 0 Å². The van der Waals surface area contributed by atoms with Gasteiger partial charge in [-0.2, -0.15) is 10.5 Å². The molecule has 0 radical (unpaired) electrons. The number of methoxy groups -OCH3 is 1. The molecule has 0 bridgehead atoms. The Bertz CT molecular complexity index is 323. The maximum absolute atomic E-state index is 8.75. The van der Waals surface area contributed by atoms with Crippen LogP contribution >= 0.6 is 0 Å². The first-order chi connectivity index (χ1) is 6.19. The zero-order valence-electron chi connectivity index (χ0n) is 7.74. The molecule has 1 heterocycles. The van der Waals surface area contributed by atoms with Crippen molar-refractivity contribution in [3.63, 3.8) is 0 Å². The molecular weight excluding hydrogens is 168 g/mol. The number of nitrogens with two attached hydrogens (primary N) is 1. The van der Waals surface area contributed by atoms with E-state index in [1.165, 1.54) is 0 Å². The standard InChI is InChI=1S/C9H12N2O2/c1-6(2)9-7(13-3)4-5-8(10-9)11-12/h4-5,12H,1H2,2-3H3,(H,10,11)/p+1. The van der Waals surface area contributed by atoms with Gasteiger partial charge in [-0.15, -0.1) is 0 Å². The van der Waals surface area contributed by atoms with E-state index in [2.05, 4.69) is 11.6 Å². The molecule has 0 spiro atoms. The summed E-state index contributed by atoms with van der Waals surface area (Å²) in [6.07, 6.45) is 0. The van der Waals surface area contributed by atoms with Crippen molar-refractivity contribution < 1.29 is 15.4 Å². The van der Waals surface area contributed by atoms with Crippen LogP contribution in [0.25, 0.3) is 5.57 Å². The summed E-state index contributed by atoms with van der Waals surface area (Å²) in [5, 5.41) is 8.75. The van der Waals surface area contributed by atoms with Crippen molar-refractivity contribution >= 4 is 11.4 Å². The number of aromatic nitrogens is 1. The molecule has 0 aliphatic carbocycles. The summed E-state index contributed by atoms with van der Waals surface area (Å²) in [6.45, 7) is 5.61. The third kappa shape index (κ3) is 2.05. The normalized spacial score (nSPS) is 9.77. The highest BCUT2D eigenvalue weighted by molar-refractivity contribution is 5.64. The number of pyridine rings is 1. The second kappa shape index (κ2) is 4.02. The van der Waals surface area contributed by atoms with Gasteiger partial charge in [0.1, 0.15) is 11.4 Å². The molecule has 4 nitrogen and oxygen atoms in total. The van der Waals surface area contributed by atoms with Gasteiger partial charge in [-0.3, -0.25) is 0 Å². The average Bonchev–Trinajstić information content (AvgIpc) is 2.16. The quantitative estimate of drug-likeness (QED) is 0.675. The molecular formula is C9H13N2O2+. The van der Waals surface area contributed by atoms with E-state index in [4.69, 9.17) is 9.94 Å².